The Hall–Kier alpha value is -0.820. The smallest absolute Gasteiger partial charge is 0.130 e. The molecule has 0 radical (unpaired) electrons. The lowest BCUT2D eigenvalue weighted by Gasteiger charge is -1.97. The topological polar surface area (TPSA) is 0 Å². The third kappa shape index (κ3) is 2.35. The van der Waals surface area contributed by atoms with Crippen molar-refractivity contribution in [1.82, 2.24) is 0 Å². The molecule has 0 saturated heterocycles. The Kier molecular flexibility index (Phi) is 3.30. The van der Waals surface area contributed by atoms with E-state index in [0.29, 0.717) is 11.4 Å². The van der Waals surface area contributed by atoms with E-state index in [0.717, 1.165) is 5.56 Å². The van der Waals surface area contributed by atoms with Gasteiger partial charge >= 0.3 is 0 Å². The van der Waals surface area contributed by atoms with Crippen molar-refractivity contribution in [1.29, 1.82) is 0 Å². The fourth-order valence-corrected chi connectivity index (χ4v) is 1.03. The second-order valence-corrected chi connectivity index (χ2v) is 2.89. The van der Waals surface area contributed by atoms with Crippen LogP contribution < -0.4 is 0 Å². The maximum atomic E-state index is 13.1. The summed E-state index contributed by atoms with van der Waals surface area (Å²) in [5.74, 6) is 0.212. The minimum absolute atomic E-state index is 0.198. The molecular formula is C10H10ClF. The van der Waals surface area contributed by atoms with E-state index in [2.05, 4.69) is 0 Å². The molecule has 0 atom stereocenters. The molecule has 1 aromatic rings. The molecule has 2 heteroatoms. The van der Waals surface area contributed by atoms with Gasteiger partial charge in [0.1, 0.15) is 5.82 Å². The van der Waals surface area contributed by atoms with E-state index < -0.39 is 0 Å². The van der Waals surface area contributed by atoms with E-state index in [1.54, 1.807) is 18.2 Å². The molecule has 0 aliphatic heterocycles. The molecule has 0 saturated carbocycles. The van der Waals surface area contributed by atoms with Gasteiger partial charge in [-0.3, -0.25) is 0 Å². The highest BCUT2D eigenvalue weighted by Crippen LogP contribution is 2.11. The van der Waals surface area contributed by atoms with Gasteiger partial charge in [0.2, 0.25) is 0 Å². The van der Waals surface area contributed by atoms with Crippen molar-refractivity contribution in [3.05, 3.63) is 41.2 Å². The van der Waals surface area contributed by atoms with E-state index >= 15 is 0 Å². The zero-order valence-electron chi connectivity index (χ0n) is 6.85. The summed E-state index contributed by atoms with van der Waals surface area (Å²) in [5.41, 5.74) is 1.51. The SMILES string of the molecule is Cc1ccc(C=CCCl)c(F)c1. The van der Waals surface area contributed by atoms with E-state index in [9.17, 15) is 4.39 Å². The largest absolute Gasteiger partial charge is 0.206 e. The van der Waals surface area contributed by atoms with Crippen LogP contribution in [0.15, 0.2) is 24.3 Å². The Morgan fingerprint density at radius 3 is 2.83 bits per heavy atom. The zero-order valence-corrected chi connectivity index (χ0v) is 7.61. The lowest BCUT2D eigenvalue weighted by molar-refractivity contribution is 0.624. The molecule has 0 N–H and O–H groups in total. The molecule has 0 bridgehead atoms. The number of allylic oxidation sites excluding steroid dienone is 1. The Labute approximate surface area is 76.7 Å². The van der Waals surface area contributed by atoms with Crippen LogP contribution in [-0.4, -0.2) is 5.88 Å². The standard InChI is InChI=1S/C10H10ClF/c1-8-4-5-9(3-2-6-11)10(12)7-8/h2-5,7H,6H2,1H3. The second kappa shape index (κ2) is 4.27. The molecule has 1 aromatic carbocycles. The number of alkyl halides is 1. The molecule has 64 valence electrons. The van der Waals surface area contributed by atoms with Crippen molar-refractivity contribution in [3.8, 4) is 0 Å². The van der Waals surface area contributed by atoms with Gasteiger partial charge in [0, 0.05) is 11.4 Å². The van der Waals surface area contributed by atoms with Gasteiger partial charge in [-0.05, 0) is 18.6 Å². The minimum atomic E-state index is -0.198. The highest BCUT2D eigenvalue weighted by atomic mass is 35.5. The summed E-state index contributed by atoms with van der Waals surface area (Å²) < 4.78 is 13.1. The molecule has 0 heterocycles. The Balaban J connectivity index is 2.94. The van der Waals surface area contributed by atoms with Crippen molar-refractivity contribution >= 4 is 17.7 Å². The van der Waals surface area contributed by atoms with Gasteiger partial charge in [-0.25, -0.2) is 4.39 Å². The third-order valence-corrected chi connectivity index (χ3v) is 1.72. The molecule has 0 unspecified atom stereocenters. The zero-order chi connectivity index (χ0) is 8.97. The van der Waals surface area contributed by atoms with Crippen LogP contribution in [0.2, 0.25) is 0 Å². The van der Waals surface area contributed by atoms with Crippen molar-refractivity contribution in [2.75, 3.05) is 5.88 Å². The van der Waals surface area contributed by atoms with Crippen LogP contribution in [0.3, 0.4) is 0 Å². The van der Waals surface area contributed by atoms with Gasteiger partial charge in [0.25, 0.3) is 0 Å². The average molecular weight is 185 g/mol. The van der Waals surface area contributed by atoms with E-state index in [1.165, 1.54) is 6.07 Å². The first-order valence-corrected chi connectivity index (χ1v) is 4.26. The van der Waals surface area contributed by atoms with E-state index in [-0.39, 0.29) is 5.82 Å². The molecule has 0 spiro atoms. The summed E-state index contributed by atoms with van der Waals surface area (Å²) >= 11 is 5.43. The van der Waals surface area contributed by atoms with Crippen LogP contribution in [0.1, 0.15) is 11.1 Å². The van der Waals surface area contributed by atoms with Crippen molar-refractivity contribution in [3.63, 3.8) is 0 Å². The lowest BCUT2D eigenvalue weighted by Crippen LogP contribution is -1.82. The molecule has 0 amide bonds. The van der Waals surface area contributed by atoms with Gasteiger partial charge in [0.05, 0.1) is 0 Å². The Morgan fingerprint density at radius 1 is 1.50 bits per heavy atom. The van der Waals surface area contributed by atoms with Crippen LogP contribution in [0.25, 0.3) is 6.08 Å². The molecule has 0 nitrogen and oxygen atoms in total. The number of hydrogen-bond donors (Lipinski definition) is 0. The molecule has 12 heavy (non-hydrogen) atoms. The quantitative estimate of drug-likeness (QED) is 0.619. The van der Waals surface area contributed by atoms with E-state index in [4.69, 9.17) is 11.6 Å². The first-order valence-electron chi connectivity index (χ1n) is 3.72. The molecule has 0 aromatic heterocycles. The van der Waals surface area contributed by atoms with Crippen LogP contribution in [0, 0.1) is 12.7 Å². The van der Waals surface area contributed by atoms with Gasteiger partial charge in [-0.15, -0.1) is 11.6 Å². The van der Waals surface area contributed by atoms with Crippen LogP contribution in [0.4, 0.5) is 4.39 Å². The third-order valence-electron chi connectivity index (χ3n) is 1.54. The van der Waals surface area contributed by atoms with Crippen molar-refractivity contribution < 1.29 is 4.39 Å². The number of hydrogen-bond acceptors (Lipinski definition) is 0. The van der Waals surface area contributed by atoms with Crippen LogP contribution in [0.5, 0.6) is 0 Å². The predicted molar refractivity (Wildman–Crippen MR) is 50.9 cm³/mol. The minimum Gasteiger partial charge on any atom is -0.206 e. The van der Waals surface area contributed by atoms with E-state index in [1.807, 2.05) is 13.0 Å². The number of halogens is 2. The summed E-state index contributed by atoms with van der Waals surface area (Å²) in [6.45, 7) is 1.86. The number of rotatable bonds is 2. The second-order valence-electron chi connectivity index (χ2n) is 2.58. The maximum absolute atomic E-state index is 13.1. The van der Waals surface area contributed by atoms with Crippen LogP contribution >= 0.6 is 11.6 Å². The Bertz CT molecular complexity index is 292. The monoisotopic (exact) mass is 184 g/mol. The summed E-state index contributed by atoms with van der Waals surface area (Å²) in [4.78, 5) is 0. The molecule has 1 rings (SSSR count). The maximum Gasteiger partial charge on any atom is 0.130 e. The molecular weight excluding hydrogens is 175 g/mol. The summed E-state index contributed by atoms with van der Waals surface area (Å²) in [6.07, 6.45) is 3.40. The van der Waals surface area contributed by atoms with Gasteiger partial charge in [-0.1, -0.05) is 24.3 Å². The predicted octanol–water partition coefficient (Wildman–Crippen LogP) is 3.39. The fraction of sp³-hybridized carbons (Fsp3) is 0.200. The normalized spacial score (nSPS) is 10.9. The van der Waals surface area contributed by atoms with Gasteiger partial charge < -0.3 is 0 Å². The summed E-state index contributed by atoms with van der Waals surface area (Å²) in [5, 5.41) is 0. The van der Waals surface area contributed by atoms with Crippen molar-refractivity contribution in [2.45, 2.75) is 6.92 Å². The Morgan fingerprint density at radius 2 is 2.25 bits per heavy atom. The van der Waals surface area contributed by atoms with Gasteiger partial charge in [0.15, 0.2) is 0 Å². The average Bonchev–Trinajstić information content (AvgIpc) is 2.03. The fourth-order valence-electron chi connectivity index (χ4n) is 0.939. The molecule has 0 aliphatic rings. The van der Waals surface area contributed by atoms with Crippen molar-refractivity contribution in [2.24, 2.45) is 0 Å². The summed E-state index contributed by atoms with van der Waals surface area (Å²) in [7, 11) is 0. The highest BCUT2D eigenvalue weighted by Gasteiger charge is 1.96. The first kappa shape index (κ1) is 9.27. The number of benzene rings is 1. The van der Waals surface area contributed by atoms with Crippen LogP contribution in [-0.2, 0) is 0 Å². The highest BCUT2D eigenvalue weighted by molar-refractivity contribution is 6.19. The number of aryl methyl sites for hydroxylation is 1. The lowest BCUT2D eigenvalue weighted by atomic mass is 10.1. The first-order chi connectivity index (χ1) is 5.74. The van der Waals surface area contributed by atoms with Gasteiger partial charge in [-0.2, -0.15) is 0 Å². The molecule has 0 fully saturated rings. The summed E-state index contributed by atoms with van der Waals surface area (Å²) in [6, 6.07) is 5.12. The molecule has 0 aliphatic carbocycles.